The molecular formula is C6H8ClNO4S. The van der Waals surface area contributed by atoms with Crippen molar-refractivity contribution in [3.05, 3.63) is 0 Å². The van der Waals surface area contributed by atoms with Gasteiger partial charge in [-0.05, 0) is 0 Å². The van der Waals surface area contributed by atoms with Gasteiger partial charge in [0.1, 0.15) is 5.71 Å². The van der Waals surface area contributed by atoms with Crippen LogP contribution in [-0.2, 0) is 9.47 Å². The Bertz CT molecular complexity index is 235. The summed E-state index contributed by atoms with van der Waals surface area (Å²) in [7, 11) is 1.20. The summed E-state index contributed by atoms with van der Waals surface area (Å²) in [4.78, 5) is 10.7. The van der Waals surface area contributed by atoms with E-state index in [0.717, 1.165) is 0 Å². The van der Waals surface area contributed by atoms with Crippen molar-refractivity contribution in [2.75, 3.05) is 12.9 Å². The highest BCUT2D eigenvalue weighted by molar-refractivity contribution is 8.01. The molecule has 0 aromatic rings. The summed E-state index contributed by atoms with van der Waals surface area (Å²) in [6, 6.07) is 0. The molecule has 0 radical (unpaired) electrons. The van der Waals surface area contributed by atoms with E-state index in [1.54, 1.807) is 0 Å². The minimum atomic E-state index is -0.815. The Morgan fingerprint density at radius 2 is 2.54 bits per heavy atom. The molecule has 1 saturated heterocycles. The molecule has 0 saturated carbocycles. The Balaban J connectivity index is 2.56. The number of carbonyl (C=O) groups excluding carboxylic acids is 1. The topological polar surface area (TPSA) is 68.1 Å². The number of ether oxygens (including phenoxy) is 2. The number of nitrogens with zero attached hydrogens (tertiary/aromatic N) is 1. The summed E-state index contributed by atoms with van der Waals surface area (Å²) in [5, 5.41) is 11.1. The first kappa shape index (κ1) is 10.5. The molecular weight excluding hydrogens is 218 g/mol. The van der Waals surface area contributed by atoms with Crippen molar-refractivity contribution in [1.82, 2.24) is 0 Å². The molecule has 13 heavy (non-hydrogen) atoms. The summed E-state index contributed by atoms with van der Waals surface area (Å²) < 4.78 is 9.05. The van der Waals surface area contributed by atoms with Gasteiger partial charge in [-0.3, -0.25) is 0 Å². The van der Waals surface area contributed by atoms with E-state index in [-0.39, 0.29) is 5.71 Å². The van der Waals surface area contributed by atoms with Crippen LogP contribution in [0.3, 0.4) is 0 Å². The van der Waals surface area contributed by atoms with Crippen LogP contribution in [0.2, 0.25) is 0 Å². The summed E-state index contributed by atoms with van der Waals surface area (Å²) in [5.41, 5.74) is -0.392. The third kappa shape index (κ3) is 2.41. The Morgan fingerprint density at radius 1 is 1.85 bits per heavy atom. The Labute approximate surface area is 84.0 Å². The van der Waals surface area contributed by atoms with Crippen LogP contribution >= 0.6 is 23.4 Å². The van der Waals surface area contributed by atoms with Crippen molar-refractivity contribution in [2.45, 2.75) is 10.8 Å². The maximum atomic E-state index is 10.7. The zero-order valence-corrected chi connectivity index (χ0v) is 8.34. The standard InChI is InChI=1S/C6H8ClNO4S/c1-11-6(9)12-5-4(8-10)3(7)2-13-5/h3,5,10H,2H2,1H3. The van der Waals surface area contributed by atoms with E-state index in [2.05, 4.69) is 9.89 Å². The second kappa shape index (κ2) is 4.57. The van der Waals surface area contributed by atoms with Gasteiger partial charge in [-0.1, -0.05) is 5.16 Å². The molecule has 5 nitrogen and oxygen atoms in total. The van der Waals surface area contributed by atoms with Gasteiger partial charge in [0.25, 0.3) is 0 Å². The number of hydrogen-bond donors (Lipinski definition) is 1. The minimum Gasteiger partial charge on any atom is -0.438 e. The van der Waals surface area contributed by atoms with Crippen LogP contribution in [0.1, 0.15) is 0 Å². The van der Waals surface area contributed by atoms with Crippen molar-refractivity contribution in [3.8, 4) is 0 Å². The molecule has 0 aromatic carbocycles. The van der Waals surface area contributed by atoms with Gasteiger partial charge in [0, 0.05) is 5.75 Å². The second-order valence-corrected chi connectivity index (χ2v) is 3.85. The van der Waals surface area contributed by atoms with Crippen LogP contribution in [0.5, 0.6) is 0 Å². The van der Waals surface area contributed by atoms with Gasteiger partial charge in [0.15, 0.2) is 5.44 Å². The molecule has 0 spiro atoms. The van der Waals surface area contributed by atoms with Gasteiger partial charge in [-0.25, -0.2) is 4.79 Å². The SMILES string of the molecule is COC(=O)OC1SCC(Cl)C1=NO. The van der Waals surface area contributed by atoms with Crippen LogP contribution in [0.4, 0.5) is 4.79 Å². The molecule has 1 aliphatic rings. The van der Waals surface area contributed by atoms with E-state index in [0.29, 0.717) is 5.75 Å². The fourth-order valence-corrected chi connectivity index (χ4v) is 2.32. The predicted molar refractivity (Wildman–Crippen MR) is 48.6 cm³/mol. The van der Waals surface area contributed by atoms with Gasteiger partial charge >= 0.3 is 6.16 Å². The number of hydrogen-bond acceptors (Lipinski definition) is 6. The largest absolute Gasteiger partial charge is 0.509 e. The van der Waals surface area contributed by atoms with Crippen LogP contribution in [-0.4, -0.2) is 40.8 Å². The number of carbonyl (C=O) groups is 1. The number of rotatable bonds is 1. The molecule has 0 amide bonds. The minimum absolute atomic E-state index is 0.247. The molecule has 1 aliphatic heterocycles. The molecule has 0 bridgehead atoms. The van der Waals surface area contributed by atoms with Crippen LogP contribution in [0.15, 0.2) is 5.16 Å². The molecule has 2 unspecified atom stereocenters. The zero-order chi connectivity index (χ0) is 9.84. The second-order valence-electron chi connectivity index (χ2n) is 2.23. The molecule has 2 atom stereocenters. The van der Waals surface area contributed by atoms with Crippen molar-refractivity contribution >= 4 is 35.2 Å². The van der Waals surface area contributed by atoms with Crippen molar-refractivity contribution in [2.24, 2.45) is 5.16 Å². The predicted octanol–water partition coefficient (Wildman–Crippen LogP) is 1.28. The first-order valence-corrected chi connectivity index (χ1v) is 4.89. The van der Waals surface area contributed by atoms with E-state index in [9.17, 15) is 4.79 Å². The number of thioether (sulfide) groups is 1. The Hall–Kier alpha value is -0.620. The zero-order valence-electron chi connectivity index (χ0n) is 6.77. The summed E-state index contributed by atoms with van der Waals surface area (Å²) in [6.45, 7) is 0. The van der Waals surface area contributed by atoms with E-state index in [4.69, 9.17) is 21.5 Å². The molecule has 1 rings (SSSR count). The van der Waals surface area contributed by atoms with Crippen LogP contribution < -0.4 is 0 Å². The van der Waals surface area contributed by atoms with Gasteiger partial charge in [0.05, 0.1) is 12.5 Å². The van der Waals surface area contributed by atoms with E-state index in [1.165, 1.54) is 18.9 Å². The maximum absolute atomic E-state index is 10.7. The number of oxime groups is 1. The van der Waals surface area contributed by atoms with Crippen molar-refractivity contribution in [3.63, 3.8) is 0 Å². The van der Waals surface area contributed by atoms with Crippen LogP contribution in [0, 0.1) is 0 Å². The molecule has 7 heteroatoms. The molecule has 1 heterocycles. The lowest BCUT2D eigenvalue weighted by molar-refractivity contribution is 0.0775. The Morgan fingerprint density at radius 3 is 3.08 bits per heavy atom. The van der Waals surface area contributed by atoms with Gasteiger partial charge in [-0.2, -0.15) is 0 Å². The fraction of sp³-hybridized carbons (Fsp3) is 0.667. The monoisotopic (exact) mass is 225 g/mol. The summed E-state index contributed by atoms with van der Waals surface area (Å²) >= 11 is 7.04. The smallest absolute Gasteiger partial charge is 0.438 e. The highest BCUT2D eigenvalue weighted by Crippen LogP contribution is 2.29. The molecule has 1 N–H and O–H groups in total. The molecule has 0 aromatic heterocycles. The molecule has 1 fully saturated rings. The third-order valence-corrected chi connectivity index (χ3v) is 3.17. The number of alkyl halides is 1. The van der Waals surface area contributed by atoms with E-state index in [1.807, 2.05) is 0 Å². The van der Waals surface area contributed by atoms with Gasteiger partial charge < -0.3 is 14.7 Å². The van der Waals surface area contributed by atoms with E-state index >= 15 is 0 Å². The highest BCUT2D eigenvalue weighted by atomic mass is 35.5. The van der Waals surface area contributed by atoms with Crippen molar-refractivity contribution < 1.29 is 19.5 Å². The first-order valence-electron chi connectivity index (χ1n) is 3.41. The highest BCUT2D eigenvalue weighted by Gasteiger charge is 2.35. The van der Waals surface area contributed by atoms with Gasteiger partial charge in [-0.15, -0.1) is 23.4 Å². The lowest BCUT2D eigenvalue weighted by Gasteiger charge is -2.09. The average molecular weight is 226 g/mol. The number of methoxy groups -OCH3 is 1. The average Bonchev–Trinajstić information content (AvgIpc) is 2.46. The van der Waals surface area contributed by atoms with Crippen molar-refractivity contribution in [1.29, 1.82) is 0 Å². The van der Waals surface area contributed by atoms with Gasteiger partial charge in [0.2, 0.25) is 0 Å². The maximum Gasteiger partial charge on any atom is 0.509 e. The lowest BCUT2D eigenvalue weighted by Crippen LogP contribution is -2.24. The van der Waals surface area contributed by atoms with E-state index < -0.39 is 17.0 Å². The first-order chi connectivity index (χ1) is 6.19. The number of halogens is 1. The van der Waals surface area contributed by atoms with Crippen LogP contribution in [0.25, 0.3) is 0 Å². The third-order valence-electron chi connectivity index (χ3n) is 1.44. The lowest BCUT2D eigenvalue weighted by atomic mass is 10.3. The summed E-state index contributed by atoms with van der Waals surface area (Å²) in [6.07, 6.45) is -0.815. The quantitative estimate of drug-likeness (QED) is 0.315. The molecule has 74 valence electrons. The summed E-state index contributed by atoms with van der Waals surface area (Å²) in [5.74, 6) is 0.544. The Kier molecular flexibility index (Phi) is 3.68. The molecule has 0 aliphatic carbocycles. The normalized spacial score (nSPS) is 30.5. The fourth-order valence-electron chi connectivity index (χ4n) is 0.830.